The summed E-state index contributed by atoms with van der Waals surface area (Å²) >= 11 is 0. The summed E-state index contributed by atoms with van der Waals surface area (Å²) < 4.78 is 7.06. The van der Waals surface area contributed by atoms with Gasteiger partial charge in [0.05, 0.1) is 25.3 Å². The smallest absolute Gasteiger partial charge is 0.298 e. The number of pyridine rings is 1. The van der Waals surface area contributed by atoms with Gasteiger partial charge in [0.25, 0.3) is 5.91 Å². The van der Waals surface area contributed by atoms with E-state index in [4.69, 9.17) is 15.5 Å². The maximum absolute atomic E-state index is 12.7. The fourth-order valence-corrected chi connectivity index (χ4v) is 4.36. The number of rotatable bonds is 5. The predicted octanol–water partition coefficient (Wildman–Crippen LogP) is 1.06. The first kappa shape index (κ1) is 23.8. The van der Waals surface area contributed by atoms with Crippen molar-refractivity contribution in [2.75, 3.05) is 33.3 Å². The van der Waals surface area contributed by atoms with Crippen LogP contribution in [0.4, 0.5) is 0 Å². The van der Waals surface area contributed by atoms with Crippen LogP contribution in [-0.4, -0.2) is 76.8 Å². The molecule has 0 atom stereocenters. The number of carbonyl (C=O) groups is 2. The molecule has 10 heteroatoms. The molecule has 2 fully saturated rings. The molecular formula is C25H27N7O3. The first-order chi connectivity index (χ1) is 17.0. The van der Waals surface area contributed by atoms with Gasteiger partial charge in [-0.25, -0.2) is 4.52 Å². The van der Waals surface area contributed by atoms with E-state index < -0.39 is 0 Å². The maximum atomic E-state index is 12.7. The van der Waals surface area contributed by atoms with Gasteiger partial charge in [0.15, 0.2) is 0 Å². The molecule has 0 bridgehead atoms. The Bertz CT molecular complexity index is 1290. The van der Waals surface area contributed by atoms with Crippen LogP contribution in [-0.2, 0) is 9.59 Å². The van der Waals surface area contributed by atoms with Crippen LogP contribution in [0.1, 0.15) is 30.9 Å². The number of aromatic nitrogens is 2. The van der Waals surface area contributed by atoms with E-state index in [9.17, 15) is 14.9 Å². The Morgan fingerprint density at radius 2 is 2.03 bits per heavy atom. The average Bonchev–Trinajstić information content (AvgIpc) is 3.27. The lowest BCUT2D eigenvalue weighted by atomic mass is 9.96. The lowest BCUT2D eigenvalue weighted by molar-refractivity contribution is -0.146. The van der Waals surface area contributed by atoms with Gasteiger partial charge in [-0.3, -0.25) is 14.6 Å². The molecule has 180 valence electrons. The van der Waals surface area contributed by atoms with E-state index in [-0.39, 0.29) is 23.8 Å². The van der Waals surface area contributed by atoms with Crippen molar-refractivity contribution in [1.29, 1.82) is 5.26 Å². The fraction of sp³-hybridized carbons (Fsp3) is 0.400. The monoisotopic (exact) mass is 473 g/mol. The minimum atomic E-state index is -0.219. The average molecular weight is 474 g/mol. The molecule has 0 aliphatic carbocycles. The number of methoxy groups -OCH3 is 1. The van der Waals surface area contributed by atoms with Crippen molar-refractivity contribution in [1.82, 2.24) is 19.4 Å². The lowest BCUT2D eigenvalue weighted by Crippen LogP contribution is -2.57. The van der Waals surface area contributed by atoms with Crippen molar-refractivity contribution < 1.29 is 14.3 Å². The van der Waals surface area contributed by atoms with E-state index in [1.54, 1.807) is 35.9 Å². The second-order valence-electron chi connectivity index (χ2n) is 8.50. The van der Waals surface area contributed by atoms with Crippen LogP contribution in [0, 0.1) is 29.1 Å². The number of fused-ring (bicyclic) bond motifs is 1. The molecule has 4 rings (SSSR count). The third-order valence-electron chi connectivity index (χ3n) is 6.38. The minimum Gasteiger partial charge on any atom is -0.494 e. The number of aliphatic imine (C=N–C) groups is 1. The Labute approximate surface area is 203 Å². The second-order valence-corrected chi connectivity index (χ2v) is 8.50. The number of hydrogen-bond acceptors (Lipinski definition) is 7. The van der Waals surface area contributed by atoms with Crippen molar-refractivity contribution in [2.24, 2.45) is 16.6 Å². The van der Waals surface area contributed by atoms with Crippen LogP contribution in [0.25, 0.3) is 11.1 Å². The zero-order valence-electron chi connectivity index (χ0n) is 19.8. The predicted molar refractivity (Wildman–Crippen MR) is 130 cm³/mol. The van der Waals surface area contributed by atoms with Gasteiger partial charge in [0.2, 0.25) is 5.91 Å². The number of amides is 2. The van der Waals surface area contributed by atoms with Gasteiger partial charge in [-0.15, -0.1) is 0 Å². The van der Waals surface area contributed by atoms with Crippen LogP contribution < -0.4 is 10.5 Å². The second kappa shape index (κ2) is 10.3. The van der Waals surface area contributed by atoms with Crippen LogP contribution in [0.3, 0.4) is 0 Å². The van der Waals surface area contributed by atoms with Gasteiger partial charge in [-0.1, -0.05) is 5.92 Å². The number of carbonyl (C=O) groups excluding carboxylic acids is 2. The van der Waals surface area contributed by atoms with E-state index in [0.717, 1.165) is 18.4 Å². The zero-order chi connectivity index (χ0) is 24.9. The molecule has 0 saturated carbocycles. The third-order valence-corrected chi connectivity index (χ3v) is 6.38. The van der Waals surface area contributed by atoms with Crippen molar-refractivity contribution in [3.63, 3.8) is 0 Å². The Balaban J connectivity index is 1.35. The van der Waals surface area contributed by atoms with Crippen LogP contribution in [0.5, 0.6) is 5.75 Å². The van der Waals surface area contributed by atoms with E-state index in [1.165, 1.54) is 12.4 Å². The molecular weight excluding hydrogens is 446 g/mol. The van der Waals surface area contributed by atoms with Gasteiger partial charge >= 0.3 is 0 Å². The Morgan fingerprint density at radius 3 is 2.66 bits per heavy atom. The Kier molecular flexibility index (Phi) is 7.02. The summed E-state index contributed by atoms with van der Waals surface area (Å²) in [6.07, 6.45) is 8.00. The molecule has 2 aliphatic rings. The van der Waals surface area contributed by atoms with E-state index >= 15 is 0 Å². The van der Waals surface area contributed by atoms with E-state index in [1.807, 2.05) is 11.0 Å². The number of hydrogen-bond donors (Lipinski definition) is 1. The summed E-state index contributed by atoms with van der Waals surface area (Å²) in [6.45, 7) is 3.76. The summed E-state index contributed by atoms with van der Waals surface area (Å²) in [7, 11) is 1.54. The quantitative estimate of drug-likeness (QED) is 0.511. The Hall–Kier alpha value is -4.31. The molecule has 2 amide bonds. The van der Waals surface area contributed by atoms with Gasteiger partial charge in [0, 0.05) is 55.9 Å². The molecule has 10 nitrogen and oxygen atoms in total. The Morgan fingerprint density at radius 1 is 1.29 bits per heavy atom. The number of nitrogens with two attached hydrogens (primary N) is 1. The van der Waals surface area contributed by atoms with Crippen molar-refractivity contribution in [2.45, 2.75) is 25.8 Å². The lowest BCUT2D eigenvalue weighted by Gasteiger charge is -2.41. The number of allylic oxidation sites excluding steroid dienone is 1. The van der Waals surface area contributed by atoms with E-state index in [0.29, 0.717) is 48.6 Å². The van der Waals surface area contributed by atoms with Crippen molar-refractivity contribution in [3.8, 4) is 23.7 Å². The van der Waals surface area contributed by atoms with Crippen molar-refractivity contribution >= 4 is 29.1 Å². The van der Waals surface area contributed by atoms with Gasteiger partial charge in [-0.2, -0.15) is 10.4 Å². The largest absolute Gasteiger partial charge is 0.494 e. The standard InChI is InChI=1S/C25H27N7O3/c1-3-4-23(33)31-14-20(15-31)25(34)30-7-5-21(6-8-30)28-12-18(10-26)17-9-22(35-2)24-19(11-27)13-29-32(24)16-17/h9-10,12-13,16,20-21H,5-8,14-15,26H2,1-2H3. The van der Waals surface area contributed by atoms with Crippen molar-refractivity contribution in [3.05, 3.63) is 35.8 Å². The third kappa shape index (κ3) is 4.82. The molecule has 0 unspecified atom stereocenters. The zero-order valence-corrected chi connectivity index (χ0v) is 19.8. The molecule has 2 saturated heterocycles. The summed E-state index contributed by atoms with van der Waals surface area (Å²) in [4.78, 5) is 32.7. The first-order valence-corrected chi connectivity index (χ1v) is 11.4. The number of likely N-dealkylation sites (tertiary alicyclic amines) is 2. The normalized spacial score (nSPS) is 17.1. The highest BCUT2D eigenvalue weighted by atomic mass is 16.5. The van der Waals surface area contributed by atoms with E-state index in [2.05, 4.69) is 23.0 Å². The highest BCUT2D eigenvalue weighted by Crippen LogP contribution is 2.27. The summed E-state index contributed by atoms with van der Waals surface area (Å²) in [5.74, 6) is 5.36. The topological polar surface area (TPSA) is 129 Å². The summed E-state index contributed by atoms with van der Waals surface area (Å²) in [5, 5.41) is 13.5. The molecule has 2 aromatic heterocycles. The number of nitriles is 1. The van der Waals surface area contributed by atoms with Gasteiger partial charge < -0.3 is 20.3 Å². The molecule has 0 radical (unpaired) electrons. The minimum absolute atomic E-state index is 0.0776. The molecule has 0 aromatic carbocycles. The molecule has 4 heterocycles. The molecule has 2 N–H and O–H groups in total. The molecule has 35 heavy (non-hydrogen) atoms. The number of ether oxygens (including phenoxy) is 1. The van der Waals surface area contributed by atoms with Gasteiger partial charge in [-0.05, 0) is 31.8 Å². The van der Waals surface area contributed by atoms with Crippen LogP contribution in [0.2, 0.25) is 0 Å². The highest BCUT2D eigenvalue weighted by Gasteiger charge is 2.38. The fourth-order valence-electron chi connectivity index (χ4n) is 4.36. The molecule has 0 spiro atoms. The summed E-state index contributed by atoms with van der Waals surface area (Å²) in [6, 6.07) is 4.00. The maximum Gasteiger partial charge on any atom is 0.298 e. The molecule has 2 aromatic rings. The van der Waals surface area contributed by atoms with Crippen LogP contribution in [0.15, 0.2) is 29.7 Å². The van der Waals surface area contributed by atoms with Crippen LogP contribution >= 0.6 is 0 Å². The molecule has 2 aliphatic heterocycles. The number of nitrogens with zero attached hydrogens (tertiary/aromatic N) is 6. The van der Waals surface area contributed by atoms with Gasteiger partial charge in [0.1, 0.15) is 22.9 Å². The summed E-state index contributed by atoms with van der Waals surface area (Å²) in [5.41, 5.74) is 8.38. The highest BCUT2D eigenvalue weighted by molar-refractivity contribution is 6.10. The number of piperidine rings is 1. The SMILES string of the molecule is CC#CC(=O)N1CC(C(=O)N2CCC(N=CC(=CN)c3cc(OC)c4c(C#N)cnn4c3)CC2)C1. The first-order valence-electron chi connectivity index (χ1n) is 11.4.